The summed E-state index contributed by atoms with van der Waals surface area (Å²) in [5.74, 6) is 0. The molecule has 0 heterocycles. The summed E-state index contributed by atoms with van der Waals surface area (Å²) >= 11 is 0. The molecule has 0 saturated heterocycles. The normalized spacial score (nSPS) is 22.9. The highest BCUT2D eigenvalue weighted by molar-refractivity contribution is 5.05. The van der Waals surface area contributed by atoms with Gasteiger partial charge in [-0.15, -0.1) is 0 Å². The van der Waals surface area contributed by atoms with Gasteiger partial charge in [0.2, 0.25) is 0 Å². The smallest absolute Gasteiger partial charge is 0.0221 e. The molecule has 0 aromatic heterocycles. The average Bonchev–Trinajstić information content (AvgIpc) is 2.16. The maximum atomic E-state index is 3.46. The molecule has 1 N–H and O–H groups in total. The Labute approximate surface area is 57.1 Å². The Morgan fingerprint density at radius 2 is 2.00 bits per heavy atom. The van der Waals surface area contributed by atoms with Crippen molar-refractivity contribution in [3.63, 3.8) is 0 Å². The van der Waals surface area contributed by atoms with Gasteiger partial charge in [-0.1, -0.05) is 19.1 Å². The summed E-state index contributed by atoms with van der Waals surface area (Å²) in [5.41, 5.74) is 0.384. The number of rotatable bonds is 2. The molecular weight excluding hydrogens is 110 g/mol. The first kappa shape index (κ1) is 6.81. The van der Waals surface area contributed by atoms with Gasteiger partial charge in [0.05, 0.1) is 0 Å². The van der Waals surface area contributed by atoms with E-state index in [1.54, 1.807) is 0 Å². The lowest BCUT2D eigenvalue weighted by atomic mass is 10.0. The Kier molecular flexibility index (Phi) is 1.91. The van der Waals surface area contributed by atoms with Gasteiger partial charge in [0, 0.05) is 5.54 Å². The van der Waals surface area contributed by atoms with Gasteiger partial charge >= 0.3 is 0 Å². The molecule has 9 heavy (non-hydrogen) atoms. The highest BCUT2D eigenvalue weighted by Crippen LogP contribution is 2.21. The van der Waals surface area contributed by atoms with E-state index in [-0.39, 0.29) is 0 Å². The third-order valence-corrected chi connectivity index (χ3v) is 1.91. The molecule has 0 spiro atoms. The molecule has 1 aliphatic rings. The SMILES string of the molecule is CCNC1(C)CC=CC1. The lowest BCUT2D eigenvalue weighted by molar-refractivity contribution is 0.388. The van der Waals surface area contributed by atoms with Crippen molar-refractivity contribution in [2.75, 3.05) is 6.54 Å². The molecule has 0 aliphatic heterocycles. The maximum absolute atomic E-state index is 3.46. The minimum atomic E-state index is 0.384. The summed E-state index contributed by atoms with van der Waals surface area (Å²) in [6.07, 6.45) is 6.90. The fourth-order valence-electron chi connectivity index (χ4n) is 1.34. The second kappa shape index (κ2) is 2.53. The Hall–Kier alpha value is -0.300. The van der Waals surface area contributed by atoms with E-state index in [1.807, 2.05) is 0 Å². The van der Waals surface area contributed by atoms with Gasteiger partial charge in [0.15, 0.2) is 0 Å². The van der Waals surface area contributed by atoms with Crippen molar-refractivity contribution in [1.82, 2.24) is 5.32 Å². The van der Waals surface area contributed by atoms with Crippen molar-refractivity contribution >= 4 is 0 Å². The van der Waals surface area contributed by atoms with Crippen LogP contribution in [0.5, 0.6) is 0 Å². The molecule has 1 heteroatoms. The van der Waals surface area contributed by atoms with E-state index >= 15 is 0 Å². The first-order valence-electron chi connectivity index (χ1n) is 3.67. The van der Waals surface area contributed by atoms with Gasteiger partial charge in [0.1, 0.15) is 0 Å². The number of nitrogens with one attached hydrogen (secondary N) is 1. The topological polar surface area (TPSA) is 12.0 Å². The molecule has 52 valence electrons. The molecule has 0 atom stereocenters. The van der Waals surface area contributed by atoms with Crippen LogP contribution in [0.2, 0.25) is 0 Å². The molecule has 1 aliphatic carbocycles. The van der Waals surface area contributed by atoms with Gasteiger partial charge in [-0.3, -0.25) is 0 Å². The number of hydrogen-bond donors (Lipinski definition) is 1. The number of hydrogen-bond acceptors (Lipinski definition) is 1. The highest BCUT2D eigenvalue weighted by atomic mass is 15.0. The van der Waals surface area contributed by atoms with Crippen molar-refractivity contribution in [3.05, 3.63) is 12.2 Å². The predicted molar refractivity (Wildman–Crippen MR) is 40.5 cm³/mol. The van der Waals surface area contributed by atoms with Crippen LogP contribution in [0, 0.1) is 0 Å². The molecule has 0 unspecified atom stereocenters. The Bertz CT molecular complexity index is 108. The average molecular weight is 125 g/mol. The molecular formula is C8H15N. The van der Waals surface area contributed by atoms with Crippen LogP contribution in [0.1, 0.15) is 26.7 Å². The molecule has 0 saturated carbocycles. The van der Waals surface area contributed by atoms with Gasteiger partial charge in [-0.25, -0.2) is 0 Å². The summed E-state index contributed by atoms with van der Waals surface area (Å²) < 4.78 is 0. The van der Waals surface area contributed by atoms with Gasteiger partial charge in [-0.05, 0) is 26.3 Å². The van der Waals surface area contributed by atoms with E-state index in [1.165, 1.54) is 12.8 Å². The lowest BCUT2D eigenvalue weighted by Gasteiger charge is -2.24. The molecule has 0 fully saturated rings. The van der Waals surface area contributed by atoms with Crippen molar-refractivity contribution in [2.24, 2.45) is 0 Å². The van der Waals surface area contributed by atoms with E-state index in [4.69, 9.17) is 0 Å². The van der Waals surface area contributed by atoms with Crippen LogP contribution in [-0.4, -0.2) is 12.1 Å². The predicted octanol–water partition coefficient (Wildman–Crippen LogP) is 1.70. The lowest BCUT2D eigenvalue weighted by Crippen LogP contribution is -2.39. The summed E-state index contributed by atoms with van der Waals surface area (Å²) in [4.78, 5) is 0. The molecule has 0 aromatic carbocycles. The van der Waals surface area contributed by atoms with Gasteiger partial charge in [-0.2, -0.15) is 0 Å². The minimum absolute atomic E-state index is 0.384. The first-order chi connectivity index (χ1) is 4.27. The first-order valence-corrected chi connectivity index (χ1v) is 3.67. The zero-order chi connectivity index (χ0) is 6.74. The second-order valence-electron chi connectivity index (χ2n) is 2.97. The second-order valence-corrected chi connectivity index (χ2v) is 2.97. The fraction of sp³-hybridized carbons (Fsp3) is 0.750. The van der Waals surface area contributed by atoms with Crippen LogP contribution < -0.4 is 5.32 Å². The van der Waals surface area contributed by atoms with Gasteiger partial charge < -0.3 is 5.32 Å². The van der Waals surface area contributed by atoms with E-state index < -0.39 is 0 Å². The van der Waals surface area contributed by atoms with Crippen LogP contribution in [0.25, 0.3) is 0 Å². The Morgan fingerprint density at radius 3 is 2.44 bits per heavy atom. The minimum Gasteiger partial charge on any atom is -0.311 e. The molecule has 1 rings (SSSR count). The molecule has 0 aromatic rings. The third-order valence-electron chi connectivity index (χ3n) is 1.91. The Morgan fingerprint density at radius 1 is 1.44 bits per heavy atom. The van der Waals surface area contributed by atoms with E-state index in [9.17, 15) is 0 Å². The summed E-state index contributed by atoms with van der Waals surface area (Å²) in [7, 11) is 0. The largest absolute Gasteiger partial charge is 0.311 e. The summed E-state index contributed by atoms with van der Waals surface area (Å²) in [6, 6.07) is 0. The van der Waals surface area contributed by atoms with Crippen molar-refractivity contribution in [3.8, 4) is 0 Å². The monoisotopic (exact) mass is 125 g/mol. The summed E-state index contributed by atoms with van der Waals surface area (Å²) in [6.45, 7) is 5.51. The molecule has 0 bridgehead atoms. The van der Waals surface area contributed by atoms with Crippen molar-refractivity contribution in [1.29, 1.82) is 0 Å². The van der Waals surface area contributed by atoms with Gasteiger partial charge in [0.25, 0.3) is 0 Å². The zero-order valence-electron chi connectivity index (χ0n) is 6.28. The van der Waals surface area contributed by atoms with E-state index in [0.717, 1.165) is 6.54 Å². The fourth-order valence-corrected chi connectivity index (χ4v) is 1.34. The van der Waals surface area contributed by atoms with Crippen molar-refractivity contribution in [2.45, 2.75) is 32.2 Å². The molecule has 1 nitrogen and oxygen atoms in total. The van der Waals surface area contributed by atoms with Crippen LogP contribution >= 0.6 is 0 Å². The van der Waals surface area contributed by atoms with E-state index in [2.05, 4.69) is 31.3 Å². The Balaban J connectivity index is 2.36. The molecule has 0 radical (unpaired) electrons. The maximum Gasteiger partial charge on any atom is 0.0221 e. The van der Waals surface area contributed by atoms with Crippen LogP contribution in [0.4, 0.5) is 0 Å². The molecule has 0 amide bonds. The van der Waals surface area contributed by atoms with Crippen LogP contribution in [0.15, 0.2) is 12.2 Å². The summed E-state index contributed by atoms with van der Waals surface area (Å²) in [5, 5.41) is 3.46. The zero-order valence-corrected chi connectivity index (χ0v) is 6.28. The highest BCUT2D eigenvalue weighted by Gasteiger charge is 2.22. The standard InChI is InChI=1S/C8H15N/c1-3-9-8(2)6-4-5-7-8/h4-5,9H,3,6-7H2,1-2H3. The quantitative estimate of drug-likeness (QED) is 0.554. The van der Waals surface area contributed by atoms with Crippen molar-refractivity contribution < 1.29 is 0 Å². The van der Waals surface area contributed by atoms with Crippen LogP contribution in [0.3, 0.4) is 0 Å². The van der Waals surface area contributed by atoms with E-state index in [0.29, 0.717) is 5.54 Å². The van der Waals surface area contributed by atoms with Crippen LogP contribution in [-0.2, 0) is 0 Å². The third kappa shape index (κ3) is 1.55.